The highest BCUT2D eigenvalue weighted by Gasteiger charge is 2.60. The standard InChI is InChI=1S/C24H40O2/c1-16(7-12-22(25)26)19-10-11-20-18-9-8-17-6-4-5-14-23(17,2)21(18)13-15-24(19,20)3/h16-21H,4-15H2,1-3H3,(H,25,26)/t16-,17+,18?,19?,20?,21?,23?,24-/m1/s1. The molecule has 4 aliphatic rings. The summed E-state index contributed by atoms with van der Waals surface area (Å²) in [6, 6.07) is 0. The van der Waals surface area contributed by atoms with E-state index in [-0.39, 0.29) is 0 Å². The van der Waals surface area contributed by atoms with Crippen LogP contribution in [0.25, 0.3) is 0 Å². The zero-order valence-corrected chi connectivity index (χ0v) is 17.3. The zero-order chi connectivity index (χ0) is 18.5. The monoisotopic (exact) mass is 360 g/mol. The van der Waals surface area contributed by atoms with Crippen molar-refractivity contribution in [3.05, 3.63) is 0 Å². The van der Waals surface area contributed by atoms with Crippen molar-refractivity contribution in [3.8, 4) is 0 Å². The van der Waals surface area contributed by atoms with Crippen LogP contribution >= 0.6 is 0 Å². The summed E-state index contributed by atoms with van der Waals surface area (Å²) in [4.78, 5) is 11.0. The first-order valence-corrected chi connectivity index (χ1v) is 11.6. The summed E-state index contributed by atoms with van der Waals surface area (Å²) in [6.45, 7) is 7.60. The predicted molar refractivity (Wildman–Crippen MR) is 106 cm³/mol. The van der Waals surface area contributed by atoms with Crippen LogP contribution in [0.1, 0.15) is 97.8 Å². The topological polar surface area (TPSA) is 37.3 Å². The Morgan fingerprint density at radius 1 is 0.962 bits per heavy atom. The van der Waals surface area contributed by atoms with Gasteiger partial charge in [0.25, 0.3) is 0 Å². The van der Waals surface area contributed by atoms with E-state index in [0.29, 0.717) is 23.2 Å². The third kappa shape index (κ3) is 2.85. The van der Waals surface area contributed by atoms with Crippen molar-refractivity contribution in [1.82, 2.24) is 0 Å². The van der Waals surface area contributed by atoms with Crippen molar-refractivity contribution in [2.75, 3.05) is 0 Å². The first-order chi connectivity index (χ1) is 12.4. The molecule has 0 aromatic carbocycles. The van der Waals surface area contributed by atoms with Gasteiger partial charge in [-0.25, -0.2) is 0 Å². The van der Waals surface area contributed by atoms with E-state index in [9.17, 15) is 4.79 Å². The number of hydrogen-bond donors (Lipinski definition) is 1. The molecule has 4 saturated carbocycles. The fourth-order valence-corrected chi connectivity index (χ4v) is 8.82. The van der Waals surface area contributed by atoms with Gasteiger partial charge in [-0.15, -0.1) is 0 Å². The van der Waals surface area contributed by atoms with Gasteiger partial charge in [0.05, 0.1) is 0 Å². The molecular formula is C24H40O2. The van der Waals surface area contributed by atoms with Gasteiger partial charge in [0.15, 0.2) is 0 Å². The molecule has 0 spiro atoms. The van der Waals surface area contributed by atoms with Crippen LogP contribution < -0.4 is 0 Å². The summed E-state index contributed by atoms with van der Waals surface area (Å²) < 4.78 is 0. The average molecular weight is 361 g/mol. The minimum atomic E-state index is -0.621. The Morgan fingerprint density at radius 3 is 2.50 bits per heavy atom. The maximum absolute atomic E-state index is 11.0. The summed E-state index contributed by atoms with van der Waals surface area (Å²) in [5.41, 5.74) is 1.12. The SMILES string of the molecule is C[C@H](CCC(=O)O)C1CCC2C3CC[C@@H]4CCCCC4(C)C3CC[C@@]21C. The van der Waals surface area contributed by atoms with E-state index in [1.54, 1.807) is 0 Å². The fraction of sp³-hybridized carbons (Fsp3) is 0.958. The number of carboxylic acids is 1. The first kappa shape index (κ1) is 18.8. The van der Waals surface area contributed by atoms with E-state index in [0.717, 1.165) is 36.0 Å². The van der Waals surface area contributed by atoms with E-state index in [4.69, 9.17) is 5.11 Å². The van der Waals surface area contributed by atoms with Crippen molar-refractivity contribution >= 4 is 5.97 Å². The van der Waals surface area contributed by atoms with Crippen molar-refractivity contribution in [2.24, 2.45) is 46.3 Å². The highest BCUT2D eigenvalue weighted by molar-refractivity contribution is 5.66. The molecule has 0 saturated heterocycles. The molecule has 0 amide bonds. The van der Waals surface area contributed by atoms with Crippen LogP contribution in [-0.2, 0) is 4.79 Å². The number of hydrogen-bond acceptors (Lipinski definition) is 1. The Kier molecular flexibility index (Phi) is 4.93. The molecule has 4 aliphatic carbocycles. The van der Waals surface area contributed by atoms with Crippen LogP contribution in [-0.4, -0.2) is 11.1 Å². The number of fused-ring (bicyclic) bond motifs is 5. The van der Waals surface area contributed by atoms with E-state index < -0.39 is 5.97 Å². The maximum Gasteiger partial charge on any atom is 0.303 e. The second-order valence-corrected chi connectivity index (χ2v) is 11.0. The van der Waals surface area contributed by atoms with Gasteiger partial charge in [0.1, 0.15) is 0 Å². The largest absolute Gasteiger partial charge is 0.481 e. The molecule has 0 aromatic heterocycles. The van der Waals surface area contributed by atoms with Gasteiger partial charge >= 0.3 is 5.97 Å². The minimum Gasteiger partial charge on any atom is -0.481 e. The highest BCUT2D eigenvalue weighted by atomic mass is 16.4. The summed E-state index contributed by atoms with van der Waals surface area (Å²) in [5.74, 6) is 4.57. The zero-order valence-electron chi connectivity index (χ0n) is 17.3. The first-order valence-electron chi connectivity index (χ1n) is 11.6. The van der Waals surface area contributed by atoms with E-state index in [1.807, 2.05) is 0 Å². The van der Waals surface area contributed by atoms with Crippen LogP contribution in [0.4, 0.5) is 0 Å². The summed E-state index contributed by atoms with van der Waals surface area (Å²) >= 11 is 0. The van der Waals surface area contributed by atoms with Gasteiger partial charge in [0, 0.05) is 6.42 Å². The lowest BCUT2D eigenvalue weighted by Gasteiger charge is -2.61. The van der Waals surface area contributed by atoms with Crippen molar-refractivity contribution < 1.29 is 9.90 Å². The molecule has 4 rings (SSSR count). The van der Waals surface area contributed by atoms with Gasteiger partial charge in [-0.3, -0.25) is 4.79 Å². The normalized spacial score (nSPS) is 49.0. The molecular weight excluding hydrogens is 320 g/mol. The molecule has 2 nitrogen and oxygen atoms in total. The molecule has 26 heavy (non-hydrogen) atoms. The lowest BCUT2D eigenvalue weighted by Crippen LogP contribution is -2.53. The van der Waals surface area contributed by atoms with Gasteiger partial charge in [0.2, 0.25) is 0 Å². The molecule has 0 bridgehead atoms. The van der Waals surface area contributed by atoms with E-state index >= 15 is 0 Å². The van der Waals surface area contributed by atoms with Gasteiger partial charge in [-0.05, 0) is 104 Å². The Hall–Kier alpha value is -0.530. The van der Waals surface area contributed by atoms with Crippen molar-refractivity contribution in [3.63, 3.8) is 0 Å². The fourth-order valence-electron chi connectivity index (χ4n) is 8.82. The summed E-state index contributed by atoms with van der Waals surface area (Å²) in [5, 5.41) is 9.09. The molecule has 0 heterocycles. The predicted octanol–water partition coefficient (Wildman–Crippen LogP) is 6.54. The Bertz CT molecular complexity index is 542. The van der Waals surface area contributed by atoms with Crippen LogP contribution in [0.5, 0.6) is 0 Å². The number of carboxylic acid groups (broad SMARTS) is 1. The molecule has 148 valence electrons. The number of carbonyl (C=O) groups is 1. The van der Waals surface area contributed by atoms with Crippen molar-refractivity contribution in [1.29, 1.82) is 0 Å². The molecule has 2 heteroatoms. The lowest BCUT2D eigenvalue weighted by molar-refractivity contribution is -0.137. The molecule has 0 aliphatic heterocycles. The third-order valence-electron chi connectivity index (χ3n) is 10.2. The van der Waals surface area contributed by atoms with Crippen molar-refractivity contribution in [2.45, 2.75) is 97.8 Å². The molecule has 0 aromatic rings. The van der Waals surface area contributed by atoms with E-state index in [2.05, 4.69) is 20.8 Å². The van der Waals surface area contributed by atoms with E-state index in [1.165, 1.54) is 64.2 Å². The van der Waals surface area contributed by atoms with Gasteiger partial charge < -0.3 is 5.11 Å². The highest BCUT2D eigenvalue weighted by Crippen LogP contribution is 2.68. The maximum atomic E-state index is 11.0. The molecule has 5 unspecified atom stereocenters. The molecule has 0 radical (unpaired) electrons. The van der Waals surface area contributed by atoms with Crippen LogP contribution in [0.3, 0.4) is 0 Å². The smallest absolute Gasteiger partial charge is 0.303 e. The van der Waals surface area contributed by atoms with Gasteiger partial charge in [-0.2, -0.15) is 0 Å². The van der Waals surface area contributed by atoms with Crippen LogP contribution in [0.15, 0.2) is 0 Å². The van der Waals surface area contributed by atoms with Crippen LogP contribution in [0.2, 0.25) is 0 Å². The second-order valence-electron chi connectivity index (χ2n) is 11.0. The Balaban J connectivity index is 1.52. The van der Waals surface area contributed by atoms with Crippen LogP contribution in [0, 0.1) is 46.3 Å². The Morgan fingerprint density at radius 2 is 1.73 bits per heavy atom. The second kappa shape index (κ2) is 6.82. The minimum absolute atomic E-state index is 0.351. The lowest BCUT2D eigenvalue weighted by atomic mass is 9.44. The Labute approximate surface area is 160 Å². The summed E-state index contributed by atoms with van der Waals surface area (Å²) in [6.07, 6.45) is 15.7. The van der Waals surface area contributed by atoms with Gasteiger partial charge in [-0.1, -0.05) is 33.6 Å². The summed E-state index contributed by atoms with van der Waals surface area (Å²) in [7, 11) is 0. The molecule has 8 atom stereocenters. The quantitative estimate of drug-likeness (QED) is 0.618. The third-order valence-corrected chi connectivity index (χ3v) is 10.2. The number of aliphatic carboxylic acids is 1. The average Bonchev–Trinajstić information content (AvgIpc) is 2.96. The molecule has 1 N–H and O–H groups in total. The number of rotatable bonds is 4. The molecule has 4 fully saturated rings.